The van der Waals surface area contributed by atoms with Crippen molar-refractivity contribution in [2.24, 2.45) is 17.8 Å². The van der Waals surface area contributed by atoms with Gasteiger partial charge in [-0.2, -0.15) is 0 Å². The molecular weight excluding hydrogens is 254 g/mol. The Hall–Kier alpha value is -1.97. The molecule has 0 spiro atoms. The molecular formula is C16H19NO3. The molecule has 2 rings (SSSR count). The van der Waals surface area contributed by atoms with Gasteiger partial charge < -0.3 is 4.79 Å². The van der Waals surface area contributed by atoms with Crippen molar-refractivity contribution in [1.29, 1.82) is 0 Å². The fourth-order valence-corrected chi connectivity index (χ4v) is 2.74. The summed E-state index contributed by atoms with van der Waals surface area (Å²) in [7, 11) is 0. The van der Waals surface area contributed by atoms with Gasteiger partial charge in [-0.25, -0.2) is 0 Å². The van der Waals surface area contributed by atoms with Gasteiger partial charge in [0.1, 0.15) is 6.29 Å². The average Bonchev–Trinajstić information content (AvgIpc) is 2.67. The summed E-state index contributed by atoms with van der Waals surface area (Å²) in [6.07, 6.45) is 0.927. The number of nitrogens with zero attached hydrogens (tertiary/aromatic N) is 1. The zero-order chi connectivity index (χ0) is 14.9. The van der Waals surface area contributed by atoms with Gasteiger partial charge in [0.2, 0.25) is 11.8 Å². The van der Waals surface area contributed by atoms with Crippen LogP contribution in [0, 0.1) is 24.7 Å². The molecule has 1 saturated heterocycles. The van der Waals surface area contributed by atoms with Gasteiger partial charge in [0, 0.05) is 12.3 Å². The highest BCUT2D eigenvalue weighted by atomic mass is 16.2. The van der Waals surface area contributed by atoms with Crippen molar-refractivity contribution in [2.45, 2.75) is 27.2 Å². The van der Waals surface area contributed by atoms with Crippen molar-refractivity contribution in [3.63, 3.8) is 0 Å². The van der Waals surface area contributed by atoms with Crippen LogP contribution in [0.1, 0.15) is 25.8 Å². The third-order valence-electron chi connectivity index (χ3n) is 3.93. The topological polar surface area (TPSA) is 54.5 Å². The van der Waals surface area contributed by atoms with Crippen LogP contribution >= 0.6 is 0 Å². The molecule has 1 fully saturated rings. The summed E-state index contributed by atoms with van der Waals surface area (Å²) in [6, 6.07) is 7.29. The lowest BCUT2D eigenvalue weighted by molar-refractivity contribution is -0.126. The lowest BCUT2D eigenvalue weighted by Gasteiger charge is -2.21. The summed E-state index contributed by atoms with van der Waals surface area (Å²) in [5, 5.41) is 0. The minimum absolute atomic E-state index is 0.0473. The van der Waals surface area contributed by atoms with Crippen molar-refractivity contribution < 1.29 is 14.4 Å². The molecule has 1 heterocycles. The summed E-state index contributed by atoms with van der Waals surface area (Å²) in [6.45, 7) is 5.66. The Morgan fingerprint density at radius 3 is 2.45 bits per heavy atom. The van der Waals surface area contributed by atoms with E-state index in [9.17, 15) is 14.4 Å². The fourth-order valence-electron chi connectivity index (χ4n) is 2.74. The molecule has 0 N–H and O–H groups in total. The molecule has 0 bridgehead atoms. The van der Waals surface area contributed by atoms with Crippen molar-refractivity contribution >= 4 is 23.8 Å². The first-order chi connectivity index (χ1) is 9.47. The zero-order valence-electron chi connectivity index (χ0n) is 12.0. The minimum Gasteiger partial charge on any atom is -0.303 e. The van der Waals surface area contributed by atoms with Crippen LogP contribution in [-0.2, 0) is 14.4 Å². The molecule has 2 atom stereocenters. The largest absolute Gasteiger partial charge is 0.303 e. The maximum atomic E-state index is 12.5. The number of benzene rings is 1. The van der Waals surface area contributed by atoms with Crippen LogP contribution in [0.2, 0.25) is 0 Å². The predicted molar refractivity (Wildman–Crippen MR) is 76.2 cm³/mol. The lowest BCUT2D eigenvalue weighted by Crippen LogP contribution is -2.34. The zero-order valence-corrected chi connectivity index (χ0v) is 12.0. The number of hydrogen-bond donors (Lipinski definition) is 0. The van der Waals surface area contributed by atoms with E-state index in [-0.39, 0.29) is 24.2 Å². The third-order valence-corrected chi connectivity index (χ3v) is 3.93. The van der Waals surface area contributed by atoms with Crippen LogP contribution in [0.5, 0.6) is 0 Å². The van der Waals surface area contributed by atoms with E-state index in [1.165, 1.54) is 4.90 Å². The second-order valence-electron chi connectivity index (χ2n) is 5.62. The Labute approximate surface area is 118 Å². The van der Waals surface area contributed by atoms with Gasteiger partial charge in [-0.05, 0) is 24.5 Å². The number of carbonyl (C=O) groups excluding carboxylic acids is 3. The number of hydrogen-bond acceptors (Lipinski definition) is 3. The van der Waals surface area contributed by atoms with E-state index >= 15 is 0 Å². The molecule has 0 radical (unpaired) electrons. The molecule has 106 valence electrons. The van der Waals surface area contributed by atoms with Crippen LogP contribution in [0.3, 0.4) is 0 Å². The Balaban J connectivity index is 2.35. The number of aryl methyl sites for hydroxylation is 1. The molecule has 20 heavy (non-hydrogen) atoms. The van der Waals surface area contributed by atoms with Gasteiger partial charge in [0.05, 0.1) is 11.6 Å². The monoisotopic (exact) mass is 273 g/mol. The van der Waals surface area contributed by atoms with Crippen molar-refractivity contribution in [3.8, 4) is 0 Å². The van der Waals surface area contributed by atoms with Crippen LogP contribution in [0.15, 0.2) is 24.3 Å². The lowest BCUT2D eigenvalue weighted by atomic mass is 9.83. The Morgan fingerprint density at radius 1 is 1.25 bits per heavy atom. The Kier molecular flexibility index (Phi) is 4.02. The smallest absolute Gasteiger partial charge is 0.238 e. The maximum absolute atomic E-state index is 12.5. The second kappa shape index (κ2) is 5.57. The second-order valence-corrected chi connectivity index (χ2v) is 5.62. The molecule has 1 aliphatic rings. The number of aldehydes is 1. The number of amides is 2. The van der Waals surface area contributed by atoms with Crippen LogP contribution in [0.4, 0.5) is 5.69 Å². The van der Waals surface area contributed by atoms with Gasteiger partial charge in [-0.15, -0.1) is 0 Å². The van der Waals surface area contributed by atoms with E-state index in [0.717, 1.165) is 11.8 Å². The third kappa shape index (κ3) is 2.38. The molecule has 0 unspecified atom stereocenters. The molecule has 2 amide bonds. The average molecular weight is 273 g/mol. The summed E-state index contributed by atoms with van der Waals surface area (Å²) >= 11 is 0. The van der Waals surface area contributed by atoms with E-state index in [1.54, 1.807) is 12.1 Å². The first-order valence-electron chi connectivity index (χ1n) is 6.85. The normalized spacial score (nSPS) is 20.6. The van der Waals surface area contributed by atoms with Gasteiger partial charge >= 0.3 is 0 Å². The number of carbonyl (C=O) groups is 3. The highest BCUT2D eigenvalue weighted by Crippen LogP contribution is 2.34. The molecule has 0 aliphatic carbocycles. The molecule has 0 aromatic heterocycles. The van der Waals surface area contributed by atoms with Crippen LogP contribution in [-0.4, -0.2) is 18.1 Å². The number of para-hydroxylation sites is 1. The SMILES string of the molecule is Cc1ccccc1N1C(=O)C[C@@H]([C@H](C=O)C(C)C)C1=O. The van der Waals surface area contributed by atoms with E-state index in [1.807, 2.05) is 32.9 Å². The molecule has 4 nitrogen and oxygen atoms in total. The molecule has 1 aromatic carbocycles. The fraction of sp³-hybridized carbons (Fsp3) is 0.438. The van der Waals surface area contributed by atoms with Gasteiger partial charge in [0.25, 0.3) is 0 Å². The van der Waals surface area contributed by atoms with Gasteiger partial charge in [-0.1, -0.05) is 32.0 Å². The van der Waals surface area contributed by atoms with E-state index in [0.29, 0.717) is 5.69 Å². The van der Waals surface area contributed by atoms with Gasteiger partial charge in [0.15, 0.2) is 0 Å². The number of imide groups is 1. The van der Waals surface area contributed by atoms with E-state index in [2.05, 4.69) is 0 Å². The van der Waals surface area contributed by atoms with Crippen molar-refractivity contribution in [2.75, 3.05) is 4.90 Å². The molecule has 1 aromatic rings. The maximum Gasteiger partial charge on any atom is 0.238 e. The summed E-state index contributed by atoms with van der Waals surface area (Å²) in [5.74, 6) is -1.36. The van der Waals surface area contributed by atoms with Crippen molar-refractivity contribution in [1.82, 2.24) is 0 Å². The van der Waals surface area contributed by atoms with Crippen molar-refractivity contribution in [3.05, 3.63) is 29.8 Å². The highest BCUT2D eigenvalue weighted by molar-refractivity contribution is 6.21. The first kappa shape index (κ1) is 14.4. The first-order valence-corrected chi connectivity index (χ1v) is 6.85. The highest BCUT2D eigenvalue weighted by Gasteiger charge is 2.44. The van der Waals surface area contributed by atoms with E-state index in [4.69, 9.17) is 0 Å². The summed E-state index contributed by atoms with van der Waals surface area (Å²) < 4.78 is 0. The molecule has 1 aliphatic heterocycles. The van der Waals surface area contributed by atoms with Crippen LogP contribution in [0.25, 0.3) is 0 Å². The quantitative estimate of drug-likeness (QED) is 0.625. The van der Waals surface area contributed by atoms with Gasteiger partial charge in [-0.3, -0.25) is 14.5 Å². The van der Waals surface area contributed by atoms with E-state index < -0.39 is 11.8 Å². The molecule has 0 saturated carbocycles. The standard InChI is InChI=1S/C16H19NO3/c1-10(2)13(9-18)12-8-15(19)17(16(12)20)14-7-5-4-6-11(14)3/h4-7,9-10,12-13H,8H2,1-3H3/t12-,13+/m0/s1. The summed E-state index contributed by atoms with van der Waals surface area (Å²) in [4.78, 5) is 37.1. The minimum atomic E-state index is -0.528. The number of anilines is 1. The predicted octanol–water partition coefficient (Wildman–Crippen LogP) is 2.35. The Bertz CT molecular complexity index is 550. The Morgan fingerprint density at radius 2 is 1.90 bits per heavy atom. The molecule has 4 heteroatoms. The number of rotatable bonds is 4. The van der Waals surface area contributed by atoms with Crippen LogP contribution < -0.4 is 4.90 Å². The summed E-state index contributed by atoms with van der Waals surface area (Å²) in [5.41, 5.74) is 1.50.